The highest BCUT2D eigenvalue weighted by Crippen LogP contribution is 2.19. The molecular weight excluding hydrogens is 374 g/mol. The quantitative estimate of drug-likeness (QED) is 0.619. The maximum Gasteiger partial charge on any atom is 0.309 e. The largest absolute Gasteiger partial charge is 0.461 e. The van der Waals surface area contributed by atoms with Crippen LogP contribution in [0, 0.1) is 5.92 Å². The van der Waals surface area contributed by atoms with Gasteiger partial charge in [-0.25, -0.2) is 0 Å². The number of amides is 1. The van der Waals surface area contributed by atoms with Crippen molar-refractivity contribution >= 4 is 17.8 Å². The number of hydrogen-bond donors (Lipinski definition) is 0. The average molecular weight is 405 g/mol. The average Bonchev–Trinajstić information content (AvgIpc) is 2.69. The molecule has 1 aliphatic heterocycles. The van der Waals surface area contributed by atoms with Crippen molar-refractivity contribution in [3.63, 3.8) is 0 Å². The number of rotatable bonds is 8. The van der Waals surface area contributed by atoms with Gasteiger partial charge < -0.3 is 19.1 Å². The highest BCUT2D eigenvalue weighted by Gasteiger charge is 2.28. The molecule has 1 fully saturated rings. The lowest BCUT2D eigenvalue weighted by atomic mass is 9.98. The lowest BCUT2D eigenvalue weighted by molar-refractivity contribution is -0.162. The Morgan fingerprint density at radius 1 is 1.10 bits per heavy atom. The Balaban J connectivity index is 1.94. The van der Waals surface area contributed by atoms with Crippen LogP contribution in [0.2, 0.25) is 0 Å². The molecule has 0 aromatic heterocycles. The molecule has 0 saturated carbocycles. The molecule has 0 unspecified atom stereocenters. The smallest absolute Gasteiger partial charge is 0.309 e. The molecule has 1 aromatic carbocycles. The fourth-order valence-corrected chi connectivity index (χ4v) is 3.00. The second kappa shape index (κ2) is 11.0. The molecule has 0 spiro atoms. The standard InChI is InChI=1S/C22H31NO6/c1-22(2,3)29-20(25)15-18(9-10-19(24)23-11-13-27-14-12-23)21(26)28-16-17-7-5-4-6-8-17/h4-8,18H,9-16H2,1-3H3/t18-/m0/s1. The number of esters is 2. The van der Waals surface area contributed by atoms with Crippen molar-refractivity contribution in [2.75, 3.05) is 26.3 Å². The molecule has 29 heavy (non-hydrogen) atoms. The van der Waals surface area contributed by atoms with Crippen LogP contribution in [0.4, 0.5) is 0 Å². The van der Waals surface area contributed by atoms with Gasteiger partial charge in [-0.3, -0.25) is 14.4 Å². The van der Waals surface area contributed by atoms with Gasteiger partial charge in [0, 0.05) is 19.5 Å². The highest BCUT2D eigenvalue weighted by molar-refractivity contribution is 5.81. The van der Waals surface area contributed by atoms with E-state index in [4.69, 9.17) is 14.2 Å². The number of carbonyl (C=O) groups excluding carboxylic acids is 3. The Hall–Kier alpha value is -2.41. The van der Waals surface area contributed by atoms with E-state index in [2.05, 4.69) is 0 Å². The zero-order chi connectivity index (χ0) is 21.3. The van der Waals surface area contributed by atoms with Gasteiger partial charge in [0.05, 0.1) is 25.6 Å². The third kappa shape index (κ3) is 8.64. The molecule has 1 aliphatic rings. The molecule has 1 aromatic rings. The summed E-state index contributed by atoms with van der Waals surface area (Å²) in [5.41, 5.74) is 0.223. The SMILES string of the molecule is CC(C)(C)OC(=O)C[C@H](CCC(=O)N1CCOCC1)C(=O)OCc1ccccc1. The van der Waals surface area contributed by atoms with Crippen LogP contribution in [-0.2, 0) is 35.2 Å². The normalized spacial score (nSPS) is 15.5. The van der Waals surface area contributed by atoms with Crippen molar-refractivity contribution in [2.45, 2.75) is 52.2 Å². The first-order chi connectivity index (χ1) is 13.7. The molecule has 0 bridgehead atoms. The molecule has 7 heteroatoms. The first-order valence-corrected chi connectivity index (χ1v) is 10.0. The van der Waals surface area contributed by atoms with Crippen molar-refractivity contribution in [1.82, 2.24) is 4.90 Å². The van der Waals surface area contributed by atoms with E-state index >= 15 is 0 Å². The number of nitrogens with zero attached hydrogens (tertiary/aromatic N) is 1. The monoisotopic (exact) mass is 405 g/mol. The van der Waals surface area contributed by atoms with Gasteiger partial charge in [-0.05, 0) is 32.8 Å². The maximum atomic E-state index is 12.6. The summed E-state index contributed by atoms with van der Waals surface area (Å²) in [6.07, 6.45) is 0.304. The Kier molecular flexibility index (Phi) is 8.64. The Morgan fingerprint density at radius 2 is 1.76 bits per heavy atom. The summed E-state index contributed by atoms with van der Waals surface area (Å²) in [7, 11) is 0. The number of ether oxygens (including phenoxy) is 3. The summed E-state index contributed by atoms with van der Waals surface area (Å²) in [5, 5.41) is 0. The molecular formula is C22H31NO6. The molecule has 0 aliphatic carbocycles. The van der Waals surface area contributed by atoms with E-state index in [1.807, 2.05) is 30.3 Å². The van der Waals surface area contributed by atoms with Crippen LogP contribution in [0.3, 0.4) is 0 Å². The minimum atomic E-state index is -0.724. The summed E-state index contributed by atoms with van der Waals surface area (Å²) in [4.78, 5) is 39.0. The Morgan fingerprint density at radius 3 is 2.38 bits per heavy atom. The lowest BCUT2D eigenvalue weighted by Gasteiger charge is -2.27. The van der Waals surface area contributed by atoms with Gasteiger partial charge in [0.2, 0.25) is 5.91 Å². The second-order valence-corrected chi connectivity index (χ2v) is 8.11. The van der Waals surface area contributed by atoms with Gasteiger partial charge >= 0.3 is 11.9 Å². The minimum absolute atomic E-state index is 0.0432. The van der Waals surface area contributed by atoms with Gasteiger partial charge in [0.1, 0.15) is 12.2 Å². The van der Waals surface area contributed by atoms with Gasteiger partial charge in [0.15, 0.2) is 0 Å². The molecule has 160 valence electrons. The van der Waals surface area contributed by atoms with Gasteiger partial charge in [-0.15, -0.1) is 0 Å². The number of carbonyl (C=O) groups is 3. The number of benzene rings is 1. The zero-order valence-corrected chi connectivity index (χ0v) is 17.5. The second-order valence-electron chi connectivity index (χ2n) is 8.11. The van der Waals surface area contributed by atoms with Gasteiger partial charge in [-0.2, -0.15) is 0 Å². The number of hydrogen-bond acceptors (Lipinski definition) is 6. The topological polar surface area (TPSA) is 82.1 Å². The molecule has 1 saturated heterocycles. The van der Waals surface area contributed by atoms with Crippen molar-refractivity contribution in [3.8, 4) is 0 Å². The first kappa shape index (κ1) is 22.9. The predicted molar refractivity (Wildman–Crippen MR) is 107 cm³/mol. The van der Waals surface area contributed by atoms with Crippen LogP contribution in [0.1, 0.15) is 45.6 Å². The van der Waals surface area contributed by atoms with E-state index in [9.17, 15) is 14.4 Å². The summed E-state index contributed by atoms with van der Waals surface area (Å²) >= 11 is 0. The minimum Gasteiger partial charge on any atom is -0.461 e. The van der Waals surface area contributed by atoms with E-state index < -0.39 is 23.5 Å². The van der Waals surface area contributed by atoms with Crippen LogP contribution < -0.4 is 0 Å². The van der Waals surface area contributed by atoms with E-state index in [1.165, 1.54) is 0 Å². The molecule has 7 nitrogen and oxygen atoms in total. The summed E-state index contributed by atoms with van der Waals surface area (Å²) < 4.78 is 16.0. The van der Waals surface area contributed by atoms with Crippen LogP contribution in [0.5, 0.6) is 0 Å². The van der Waals surface area contributed by atoms with Crippen molar-refractivity contribution in [3.05, 3.63) is 35.9 Å². The summed E-state index contributed by atoms with van der Waals surface area (Å²) in [6, 6.07) is 9.33. The van der Waals surface area contributed by atoms with Crippen molar-refractivity contribution < 1.29 is 28.6 Å². The summed E-state index contributed by atoms with van der Waals surface area (Å²) in [5.74, 6) is -1.73. The molecule has 2 rings (SSSR count). The molecule has 1 atom stereocenters. The third-order valence-corrected chi connectivity index (χ3v) is 4.46. The van der Waals surface area contributed by atoms with E-state index in [-0.39, 0.29) is 31.8 Å². The predicted octanol–water partition coefficient (Wildman–Crippen LogP) is 2.72. The summed E-state index contributed by atoms with van der Waals surface area (Å²) in [6.45, 7) is 7.59. The van der Waals surface area contributed by atoms with E-state index in [0.717, 1.165) is 5.56 Å². The van der Waals surface area contributed by atoms with Crippen LogP contribution in [0.15, 0.2) is 30.3 Å². The first-order valence-electron chi connectivity index (χ1n) is 10.0. The molecule has 1 heterocycles. The van der Waals surface area contributed by atoms with E-state index in [0.29, 0.717) is 26.3 Å². The van der Waals surface area contributed by atoms with E-state index in [1.54, 1.807) is 25.7 Å². The fraction of sp³-hybridized carbons (Fsp3) is 0.591. The van der Waals surface area contributed by atoms with Crippen LogP contribution >= 0.6 is 0 Å². The van der Waals surface area contributed by atoms with Crippen molar-refractivity contribution in [1.29, 1.82) is 0 Å². The highest BCUT2D eigenvalue weighted by atomic mass is 16.6. The molecule has 0 N–H and O–H groups in total. The lowest BCUT2D eigenvalue weighted by Crippen LogP contribution is -2.41. The van der Waals surface area contributed by atoms with Gasteiger partial charge in [0.25, 0.3) is 0 Å². The maximum absolute atomic E-state index is 12.6. The zero-order valence-electron chi connectivity index (χ0n) is 17.5. The fourth-order valence-electron chi connectivity index (χ4n) is 3.00. The Labute approximate surface area is 172 Å². The van der Waals surface area contributed by atoms with Gasteiger partial charge in [-0.1, -0.05) is 30.3 Å². The van der Waals surface area contributed by atoms with Crippen LogP contribution in [-0.4, -0.2) is 54.7 Å². The van der Waals surface area contributed by atoms with Crippen molar-refractivity contribution in [2.24, 2.45) is 5.92 Å². The molecule has 1 amide bonds. The third-order valence-electron chi connectivity index (χ3n) is 4.46. The molecule has 0 radical (unpaired) electrons. The van der Waals surface area contributed by atoms with Crippen LogP contribution in [0.25, 0.3) is 0 Å². The number of morpholine rings is 1. The Bertz CT molecular complexity index is 676.